The molecule has 18 heavy (non-hydrogen) atoms. The minimum absolute atomic E-state index is 0.178. The highest BCUT2D eigenvalue weighted by atomic mass is 32.2. The number of benzene rings is 1. The molecule has 0 saturated carbocycles. The largest absolute Gasteiger partial charge is 0.504 e. The number of amides is 1. The van der Waals surface area contributed by atoms with Gasteiger partial charge in [-0.1, -0.05) is 13.0 Å². The third-order valence-corrected chi connectivity index (χ3v) is 4.50. The van der Waals surface area contributed by atoms with Crippen molar-refractivity contribution >= 4 is 17.7 Å². The highest BCUT2D eigenvalue weighted by Crippen LogP contribution is 2.30. The van der Waals surface area contributed by atoms with Crippen molar-refractivity contribution < 1.29 is 15.0 Å². The summed E-state index contributed by atoms with van der Waals surface area (Å²) in [7, 11) is 0. The van der Waals surface area contributed by atoms with E-state index in [0.717, 1.165) is 12.2 Å². The summed E-state index contributed by atoms with van der Waals surface area (Å²) >= 11 is 1.88. The van der Waals surface area contributed by atoms with Crippen LogP contribution >= 0.6 is 11.8 Å². The minimum Gasteiger partial charge on any atom is -0.504 e. The Labute approximate surface area is 111 Å². The van der Waals surface area contributed by atoms with E-state index in [1.54, 1.807) is 17.0 Å². The van der Waals surface area contributed by atoms with Gasteiger partial charge in [0.2, 0.25) is 0 Å². The molecular weight excluding hydrogens is 250 g/mol. The van der Waals surface area contributed by atoms with E-state index >= 15 is 0 Å². The van der Waals surface area contributed by atoms with Crippen molar-refractivity contribution in [3.8, 4) is 11.5 Å². The van der Waals surface area contributed by atoms with Gasteiger partial charge in [-0.3, -0.25) is 4.79 Å². The van der Waals surface area contributed by atoms with Crippen LogP contribution in [0.15, 0.2) is 18.2 Å². The van der Waals surface area contributed by atoms with Crippen LogP contribution in [0.4, 0.5) is 0 Å². The highest BCUT2D eigenvalue weighted by molar-refractivity contribution is 8.00. The lowest BCUT2D eigenvalue weighted by molar-refractivity contribution is 0.0757. The Morgan fingerprint density at radius 1 is 1.50 bits per heavy atom. The Kier molecular flexibility index (Phi) is 4.01. The molecular formula is C13H17NO3S. The van der Waals surface area contributed by atoms with Gasteiger partial charge in [-0.05, 0) is 18.6 Å². The molecule has 2 rings (SSSR count). The maximum atomic E-state index is 12.3. The third-order valence-electron chi connectivity index (χ3n) is 3.13. The van der Waals surface area contributed by atoms with E-state index in [1.807, 2.05) is 11.8 Å². The van der Waals surface area contributed by atoms with E-state index in [-0.39, 0.29) is 23.0 Å². The number of carbonyl (C=O) groups is 1. The Bertz CT molecular complexity index is 450. The molecule has 4 nitrogen and oxygen atoms in total. The second-order valence-electron chi connectivity index (χ2n) is 4.33. The lowest BCUT2D eigenvalue weighted by Crippen LogP contribution is -2.41. The molecule has 98 valence electrons. The molecule has 1 aromatic carbocycles. The van der Waals surface area contributed by atoms with Crippen LogP contribution in [0.1, 0.15) is 23.7 Å². The van der Waals surface area contributed by atoms with Crippen LogP contribution in [0, 0.1) is 0 Å². The molecule has 1 fully saturated rings. The molecule has 1 saturated heterocycles. The topological polar surface area (TPSA) is 60.8 Å². The summed E-state index contributed by atoms with van der Waals surface area (Å²) in [4.78, 5) is 14.0. The summed E-state index contributed by atoms with van der Waals surface area (Å²) in [5.41, 5.74) is 0.178. The smallest absolute Gasteiger partial charge is 0.257 e. The second-order valence-corrected chi connectivity index (χ2v) is 5.73. The molecule has 0 spiro atoms. The predicted molar refractivity (Wildman–Crippen MR) is 72.2 cm³/mol. The van der Waals surface area contributed by atoms with Gasteiger partial charge >= 0.3 is 0 Å². The molecule has 0 aliphatic carbocycles. The van der Waals surface area contributed by atoms with Crippen LogP contribution in [0.25, 0.3) is 0 Å². The van der Waals surface area contributed by atoms with Gasteiger partial charge in [-0.15, -0.1) is 0 Å². The molecule has 1 atom stereocenters. The first-order valence-corrected chi connectivity index (χ1v) is 7.10. The number of phenolic OH excluding ortho intramolecular Hbond substituents is 2. The number of phenols is 2. The van der Waals surface area contributed by atoms with Gasteiger partial charge in [-0.25, -0.2) is 0 Å². The van der Waals surface area contributed by atoms with Crippen molar-refractivity contribution in [1.29, 1.82) is 0 Å². The van der Waals surface area contributed by atoms with Gasteiger partial charge < -0.3 is 15.1 Å². The van der Waals surface area contributed by atoms with Crippen LogP contribution < -0.4 is 0 Å². The molecule has 1 aliphatic rings. The molecule has 2 N–H and O–H groups in total. The number of hydrogen-bond acceptors (Lipinski definition) is 4. The second kappa shape index (κ2) is 5.52. The maximum absolute atomic E-state index is 12.3. The zero-order valence-electron chi connectivity index (χ0n) is 10.3. The fourth-order valence-electron chi connectivity index (χ4n) is 2.03. The fraction of sp³-hybridized carbons (Fsp3) is 0.462. The van der Waals surface area contributed by atoms with Gasteiger partial charge in [0.05, 0.1) is 5.56 Å². The van der Waals surface area contributed by atoms with Crippen molar-refractivity contribution in [2.75, 3.05) is 18.8 Å². The van der Waals surface area contributed by atoms with E-state index in [2.05, 4.69) is 6.92 Å². The number of nitrogens with zero attached hydrogens (tertiary/aromatic N) is 1. The van der Waals surface area contributed by atoms with Gasteiger partial charge in [0.15, 0.2) is 11.5 Å². The summed E-state index contributed by atoms with van der Waals surface area (Å²) in [6.07, 6.45) is 1.03. The Balaban J connectivity index is 2.18. The van der Waals surface area contributed by atoms with E-state index in [4.69, 9.17) is 0 Å². The van der Waals surface area contributed by atoms with E-state index < -0.39 is 0 Å². The Morgan fingerprint density at radius 2 is 2.28 bits per heavy atom. The fourth-order valence-corrected chi connectivity index (χ4v) is 3.21. The average Bonchev–Trinajstić information content (AvgIpc) is 2.41. The Morgan fingerprint density at radius 3 is 3.00 bits per heavy atom. The number of rotatable bonds is 2. The number of thioether (sulfide) groups is 1. The lowest BCUT2D eigenvalue weighted by atomic mass is 10.1. The summed E-state index contributed by atoms with van der Waals surface area (Å²) in [6, 6.07) is 4.48. The number of para-hydroxylation sites is 1. The lowest BCUT2D eigenvalue weighted by Gasteiger charge is -2.32. The molecule has 5 heteroatoms. The Hall–Kier alpha value is -1.36. The molecule has 1 unspecified atom stereocenters. The van der Waals surface area contributed by atoms with Crippen molar-refractivity contribution in [3.63, 3.8) is 0 Å². The van der Waals surface area contributed by atoms with E-state index in [9.17, 15) is 15.0 Å². The average molecular weight is 267 g/mol. The molecule has 1 heterocycles. The molecule has 0 radical (unpaired) electrons. The van der Waals surface area contributed by atoms with Gasteiger partial charge in [0, 0.05) is 24.1 Å². The summed E-state index contributed by atoms with van der Waals surface area (Å²) < 4.78 is 0. The third kappa shape index (κ3) is 2.56. The van der Waals surface area contributed by atoms with Crippen molar-refractivity contribution in [1.82, 2.24) is 4.90 Å². The van der Waals surface area contributed by atoms with Crippen molar-refractivity contribution in [3.05, 3.63) is 23.8 Å². The summed E-state index contributed by atoms with van der Waals surface area (Å²) in [5.74, 6) is 0.138. The normalized spacial score (nSPS) is 19.8. The van der Waals surface area contributed by atoms with Gasteiger partial charge in [-0.2, -0.15) is 11.8 Å². The SMILES string of the molecule is CCC1CN(C(=O)c2cccc(O)c2O)CCS1. The standard InChI is InChI=1S/C13H17NO3S/c1-2-9-8-14(6-7-18-9)13(17)10-4-3-5-11(15)12(10)16/h3-5,9,15-16H,2,6-8H2,1H3. The van der Waals surface area contributed by atoms with Crippen molar-refractivity contribution in [2.24, 2.45) is 0 Å². The molecule has 1 aromatic rings. The first-order valence-electron chi connectivity index (χ1n) is 6.05. The molecule has 1 amide bonds. The molecule has 0 aromatic heterocycles. The molecule has 0 bridgehead atoms. The monoisotopic (exact) mass is 267 g/mol. The quantitative estimate of drug-likeness (QED) is 0.805. The zero-order valence-corrected chi connectivity index (χ0v) is 11.1. The minimum atomic E-state index is -0.325. The summed E-state index contributed by atoms with van der Waals surface area (Å²) in [6.45, 7) is 3.50. The first kappa shape index (κ1) is 13.1. The van der Waals surface area contributed by atoms with Crippen molar-refractivity contribution in [2.45, 2.75) is 18.6 Å². The first-order chi connectivity index (χ1) is 8.63. The number of hydrogen-bond donors (Lipinski definition) is 2. The van der Waals surface area contributed by atoms with Crippen LogP contribution in [0.5, 0.6) is 11.5 Å². The number of aromatic hydroxyl groups is 2. The van der Waals surface area contributed by atoms with Gasteiger partial charge in [0.25, 0.3) is 5.91 Å². The van der Waals surface area contributed by atoms with E-state index in [0.29, 0.717) is 18.3 Å². The van der Waals surface area contributed by atoms with Crippen LogP contribution in [0.2, 0.25) is 0 Å². The maximum Gasteiger partial charge on any atom is 0.257 e. The number of carbonyl (C=O) groups excluding carboxylic acids is 1. The zero-order chi connectivity index (χ0) is 13.1. The van der Waals surface area contributed by atoms with Crippen LogP contribution in [-0.2, 0) is 0 Å². The molecule has 1 aliphatic heterocycles. The van der Waals surface area contributed by atoms with Crippen LogP contribution in [-0.4, -0.2) is 45.1 Å². The van der Waals surface area contributed by atoms with E-state index in [1.165, 1.54) is 6.07 Å². The highest BCUT2D eigenvalue weighted by Gasteiger charge is 2.26. The summed E-state index contributed by atoms with van der Waals surface area (Å²) in [5, 5.41) is 19.6. The van der Waals surface area contributed by atoms with Crippen LogP contribution in [0.3, 0.4) is 0 Å². The van der Waals surface area contributed by atoms with Gasteiger partial charge in [0.1, 0.15) is 0 Å². The predicted octanol–water partition coefficient (Wildman–Crippen LogP) is 2.07.